The Morgan fingerprint density at radius 3 is 2.41 bits per heavy atom. The molecule has 1 aliphatic rings. The Morgan fingerprint density at radius 1 is 0.973 bits per heavy atom. The van der Waals surface area contributed by atoms with Gasteiger partial charge in [0, 0.05) is 19.0 Å². The number of hydrogen-bond donors (Lipinski definition) is 0. The monoisotopic (exact) mass is 545 g/mol. The largest absolute Gasteiger partial charge is 0.283 e. The molecule has 2 heterocycles. The first-order valence-corrected chi connectivity index (χ1v) is 13.8. The molecule has 1 fully saturated rings. The summed E-state index contributed by atoms with van der Waals surface area (Å²) >= 11 is 1.22. The summed E-state index contributed by atoms with van der Waals surface area (Å²) in [6, 6.07) is 16.1. The van der Waals surface area contributed by atoms with Crippen LogP contribution in [0.2, 0.25) is 0 Å². The molecular weight excluding hydrogens is 523 g/mol. The number of carbonyl (C=O) groups is 1. The summed E-state index contributed by atoms with van der Waals surface area (Å²) in [7, 11) is -4.04. The molecule has 0 atom stereocenters. The van der Waals surface area contributed by atoms with E-state index >= 15 is 0 Å². The lowest BCUT2D eigenvalue weighted by Crippen LogP contribution is -2.44. The molecule has 1 amide bonds. The van der Waals surface area contributed by atoms with Crippen molar-refractivity contribution in [2.45, 2.75) is 24.3 Å². The van der Waals surface area contributed by atoms with Gasteiger partial charge in [-0.1, -0.05) is 41.7 Å². The van der Waals surface area contributed by atoms with Gasteiger partial charge < -0.3 is 0 Å². The lowest BCUT2D eigenvalue weighted by molar-refractivity contribution is -0.123. The van der Waals surface area contributed by atoms with E-state index in [1.165, 1.54) is 27.8 Å². The summed E-state index contributed by atoms with van der Waals surface area (Å²) in [5, 5.41) is 0.436. The zero-order valence-corrected chi connectivity index (χ0v) is 21.1. The van der Waals surface area contributed by atoms with Crippen LogP contribution in [0.1, 0.15) is 18.4 Å². The van der Waals surface area contributed by atoms with Gasteiger partial charge in [0.05, 0.1) is 21.7 Å². The van der Waals surface area contributed by atoms with Crippen molar-refractivity contribution in [1.29, 1.82) is 0 Å². The minimum Gasteiger partial charge on any atom is -0.283 e. The fraction of sp³-hybridized carbons (Fsp3) is 0.231. The van der Waals surface area contributed by atoms with E-state index in [1.54, 1.807) is 11.0 Å². The van der Waals surface area contributed by atoms with E-state index in [0.29, 0.717) is 21.4 Å². The zero-order valence-electron chi connectivity index (χ0n) is 19.5. The third-order valence-electron chi connectivity index (χ3n) is 6.35. The number of sulfonamides is 1. The Kier molecular flexibility index (Phi) is 7.02. The van der Waals surface area contributed by atoms with Crippen molar-refractivity contribution in [1.82, 2.24) is 9.29 Å². The number of piperidine rings is 1. The Bertz CT molecular complexity index is 1550. The molecule has 1 aliphatic heterocycles. The highest BCUT2D eigenvalue weighted by atomic mass is 32.2. The third kappa shape index (κ3) is 5.25. The smallest absolute Gasteiger partial charge is 0.243 e. The maximum Gasteiger partial charge on any atom is 0.243 e. The van der Waals surface area contributed by atoms with Gasteiger partial charge in [0.25, 0.3) is 0 Å². The fourth-order valence-corrected chi connectivity index (χ4v) is 6.83. The Labute approximate surface area is 216 Å². The van der Waals surface area contributed by atoms with E-state index in [4.69, 9.17) is 0 Å². The average Bonchev–Trinajstić information content (AvgIpc) is 3.32. The Hall–Kier alpha value is -3.28. The number of anilines is 1. The summed E-state index contributed by atoms with van der Waals surface area (Å²) in [6.07, 6.45) is 0.513. The second kappa shape index (κ2) is 10.2. The van der Waals surface area contributed by atoms with Crippen LogP contribution in [0.4, 0.5) is 18.3 Å². The van der Waals surface area contributed by atoms with Crippen LogP contribution in [-0.4, -0.2) is 36.7 Å². The molecule has 4 aromatic rings. The quantitative estimate of drug-likeness (QED) is 0.328. The molecule has 37 heavy (non-hydrogen) atoms. The number of aromatic nitrogens is 1. The maximum atomic E-state index is 13.7. The van der Waals surface area contributed by atoms with Gasteiger partial charge in [-0.25, -0.2) is 26.6 Å². The van der Waals surface area contributed by atoms with Gasteiger partial charge in [-0.2, -0.15) is 4.31 Å². The summed E-state index contributed by atoms with van der Waals surface area (Å²) in [6.45, 7) is 0.374. The van der Waals surface area contributed by atoms with Gasteiger partial charge >= 0.3 is 0 Å². The highest BCUT2D eigenvalue weighted by molar-refractivity contribution is 7.89. The van der Waals surface area contributed by atoms with Crippen LogP contribution in [-0.2, 0) is 21.4 Å². The molecule has 192 valence electrons. The highest BCUT2D eigenvalue weighted by Crippen LogP contribution is 2.33. The van der Waals surface area contributed by atoms with Crippen LogP contribution in [0, 0.1) is 23.4 Å². The summed E-state index contributed by atoms with van der Waals surface area (Å²) < 4.78 is 68.4. The van der Waals surface area contributed by atoms with E-state index in [-0.39, 0.29) is 43.3 Å². The molecule has 0 unspecified atom stereocenters. The van der Waals surface area contributed by atoms with Crippen LogP contribution in [0.15, 0.2) is 71.6 Å². The summed E-state index contributed by atoms with van der Waals surface area (Å²) in [5.74, 6) is -3.42. The molecule has 6 nitrogen and oxygen atoms in total. The average molecular weight is 546 g/mol. The van der Waals surface area contributed by atoms with Gasteiger partial charge in [0.2, 0.25) is 15.9 Å². The maximum absolute atomic E-state index is 13.7. The van der Waals surface area contributed by atoms with Crippen molar-refractivity contribution < 1.29 is 26.4 Å². The normalized spacial score (nSPS) is 15.2. The molecule has 0 N–H and O–H groups in total. The number of thiazole rings is 1. The molecule has 3 aromatic carbocycles. The second-order valence-electron chi connectivity index (χ2n) is 8.77. The predicted molar refractivity (Wildman–Crippen MR) is 135 cm³/mol. The number of hydrogen-bond acceptors (Lipinski definition) is 5. The molecule has 11 heteroatoms. The van der Waals surface area contributed by atoms with Crippen LogP contribution in [0.25, 0.3) is 10.2 Å². The highest BCUT2D eigenvalue weighted by Gasteiger charge is 2.35. The molecule has 0 saturated carbocycles. The first-order valence-electron chi connectivity index (χ1n) is 11.6. The number of benzene rings is 3. The molecule has 1 saturated heterocycles. The predicted octanol–water partition coefficient (Wildman–Crippen LogP) is 5.35. The standard InChI is InChI=1S/C26H22F3N3O3S2/c27-19-6-9-23-24(14-19)36-26(30-23)32(16-17-4-2-1-3-5-17)25(33)18-10-12-31(13-11-18)37(34,35)20-7-8-21(28)22(29)15-20/h1-9,14-15,18H,10-13,16H2. The molecule has 0 spiro atoms. The van der Waals surface area contributed by atoms with Gasteiger partial charge in [0.1, 0.15) is 5.82 Å². The van der Waals surface area contributed by atoms with Crippen molar-refractivity contribution in [3.8, 4) is 0 Å². The molecule has 0 radical (unpaired) electrons. The number of amides is 1. The van der Waals surface area contributed by atoms with E-state index in [0.717, 1.165) is 17.7 Å². The summed E-state index contributed by atoms with van der Waals surface area (Å²) in [4.78, 5) is 19.5. The molecule has 5 rings (SSSR count). The zero-order chi connectivity index (χ0) is 26.2. The van der Waals surface area contributed by atoms with E-state index in [9.17, 15) is 26.4 Å². The summed E-state index contributed by atoms with van der Waals surface area (Å²) in [5.41, 5.74) is 1.47. The second-order valence-corrected chi connectivity index (χ2v) is 11.7. The number of fused-ring (bicyclic) bond motifs is 1. The van der Waals surface area contributed by atoms with E-state index in [2.05, 4.69) is 4.98 Å². The minimum absolute atomic E-state index is 0.0575. The molecule has 0 bridgehead atoms. The van der Waals surface area contributed by atoms with Crippen molar-refractivity contribution in [2.24, 2.45) is 5.92 Å². The first kappa shape index (κ1) is 25.4. The lowest BCUT2D eigenvalue weighted by atomic mass is 9.96. The number of halogens is 3. The molecule has 1 aromatic heterocycles. The van der Waals surface area contributed by atoms with Gasteiger partial charge in [-0.3, -0.25) is 9.69 Å². The molecule has 0 aliphatic carbocycles. The van der Waals surface area contributed by atoms with Crippen LogP contribution in [0.5, 0.6) is 0 Å². The number of carbonyl (C=O) groups excluding carboxylic acids is 1. The van der Waals surface area contributed by atoms with Crippen molar-refractivity contribution >= 4 is 42.6 Å². The van der Waals surface area contributed by atoms with Crippen molar-refractivity contribution in [3.63, 3.8) is 0 Å². The lowest BCUT2D eigenvalue weighted by Gasteiger charge is -2.33. The SMILES string of the molecule is O=C(C1CCN(S(=O)(=O)c2ccc(F)c(F)c2)CC1)N(Cc1ccccc1)c1nc2ccc(F)cc2s1. The van der Waals surface area contributed by atoms with Crippen LogP contribution >= 0.6 is 11.3 Å². The van der Waals surface area contributed by atoms with Gasteiger partial charge in [-0.05, 0) is 54.8 Å². The number of nitrogens with zero attached hydrogens (tertiary/aromatic N) is 3. The van der Waals surface area contributed by atoms with Crippen LogP contribution < -0.4 is 4.90 Å². The van der Waals surface area contributed by atoms with E-state index < -0.39 is 33.4 Å². The molecular formula is C26H22F3N3O3S2. The minimum atomic E-state index is -4.04. The van der Waals surface area contributed by atoms with Crippen molar-refractivity contribution in [2.75, 3.05) is 18.0 Å². The number of rotatable bonds is 6. The van der Waals surface area contributed by atoms with Crippen molar-refractivity contribution in [3.05, 3.63) is 89.7 Å². The van der Waals surface area contributed by atoms with Gasteiger partial charge in [-0.15, -0.1) is 0 Å². The van der Waals surface area contributed by atoms with Crippen LogP contribution in [0.3, 0.4) is 0 Å². The third-order valence-corrected chi connectivity index (χ3v) is 9.29. The van der Waals surface area contributed by atoms with E-state index in [1.807, 2.05) is 30.3 Å². The Balaban J connectivity index is 1.37. The fourth-order valence-electron chi connectivity index (χ4n) is 4.36. The Morgan fingerprint density at radius 2 is 1.70 bits per heavy atom. The first-order chi connectivity index (χ1) is 17.7. The topological polar surface area (TPSA) is 70.6 Å². The van der Waals surface area contributed by atoms with Gasteiger partial charge in [0.15, 0.2) is 16.8 Å².